The molecule has 5 nitrogen and oxygen atoms in total. The molecule has 2 aromatic carbocycles. The minimum atomic E-state index is -0.487. The van der Waals surface area contributed by atoms with Crippen molar-refractivity contribution in [1.82, 2.24) is 14.6 Å². The molecule has 4 aromatic rings. The van der Waals surface area contributed by atoms with Crippen molar-refractivity contribution < 1.29 is 9.13 Å². The molecular formula is C23H21ClFN3O2S. The van der Waals surface area contributed by atoms with Crippen LogP contribution in [-0.2, 0) is 0 Å². The first kappa shape index (κ1) is 21.5. The van der Waals surface area contributed by atoms with E-state index in [-0.39, 0.29) is 16.1 Å². The molecule has 31 heavy (non-hydrogen) atoms. The van der Waals surface area contributed by atoms with Gasteiger partial charge < -0.3 is 4.74 Å². The number of thiazole rings is 1. The minimum absolute atomic E-state index is 0.177. The van der Waals surface area contributed by atoms with E-state index in [1.165, 1.54) is 42.0 Å². The van der Waals surface area contributed by atoms with Crippen molar-refractivity contribution in [3.05, 3.63) is 73.8 Å². The fourth-order valence-corrected chi connectivity index (χ4v) is 4.26. The van der Waals surface area contributed by atoms with Crippen LogP contribution in [0.3, 0.4) is 0 Å². The quantitative estimate of drug-likeness (QED) is 0.345. The summed E-state index contributed by atoms with van der Waals surface area (Å²) in [6.07, 6.45) is 6.07. The van der Waals surface area contributed by atoms with Crippen LogP contribution < -0.4 is 14.8 Å². The maximum atomic E-state index is 14.0. The monoisotopic (exact) mass is 457 g/mol. The van der Waals surface area contributed by atoms with Crippen molar-refractivity contribution in [2.45, 2.75) is 32.6 Å². The third kappa shape index (κ3) is 4.78. The van der Waals surface area contributed by atoms with Crippen LogP contribution >= 0.6 is 22.9 Å². The molecule has 0 radical (unpaired) electrons. The van der Waals surface area contributed by atoms with Crippen LogP contribution in [0.2, 0.25) is 5.02 Å². The number of aromatic nitrogens is 3. The van der Waals surface area contributed by atoms with E-state index in [9.17, 15) is 9.18 Å². The molecule has 2 aromatic heterocycles. The average molecular weight is 458 g/mol. The fraction of sp³-hybridized carbons (Fsp3) is 0.261. The van der Waals surface area contributed by atoms with E-state index < -0.39 is 5.82 Å². The van der Waals surface area contributed by atoms with E-state index in [4.69, 9.17) is 16.3 Å². The van der Waals surface area contributed by atoms with Crippen molar-refractivity contribution in [2.24, 2.45) is 0 Å². The first-order chi connectivity index (χ1) is 15.1. The lowest BCUT2D eigenvalue weighted by molar-refractivity contribution is 0.305. The number of hydrogen-bond donors (Lipinski definition) is 0. The molecule has 0 bridgehead atoms. The third-order valence-corrected chi connectivity index (χ3v) is 6.12. The summed E-state index contributed by atoms with van der Waals surface area (Å²) in [5, 5.41) is 4.57. The molecule has 0 aliphatic carbocycles. The lowest BCUT2D eigenvalue weighted by Gasteiger charge is -2.06. The van der Waals surface area contributed by atoms with Crippen molar-refractivity contribution in [2.75, 3.05) is 6.61 Å². The van der Waals surface area contributed by atoms with Gasteiger partial charge in [0.2, 0.25) is 4.96 Å². The first-order valence-corrected chi connectivity index (χ1v) is 11.3. The fourth-order valence-electron chi connectivity index (χ4n) is 3.15. The molecule has 0 aliphatic rings. The summed E-state index contributed by atoms with van der Waals surface area (Å²) < 4.78 is 21.4. The maximum Gasteiger partial charge on any atom is 0.291 e. The Morgan fingerprint density at radius 2 is 1.97 bits per heavy atom. The van der Waals surface area contributed by atoms with Gasteiger partial charge in [-0.15, -0.1) is 5.10 Å². The van der Waals surface area contributed by atoms with Crippen molar-refractivity contribution in [3.63, 3.8) is 0 Å². The molecule has 160 valence electrons. The lowest BCUT2D eigenvalue weighted by atomic mass is 10.2. The van der Waals surface area contributed by atoms with E-state index in [2.05, 4.69) is 17.0 Å². The molecule has 0 atom stereocenters. The second-order valence-corrected chi connectivity index (χ2v) is 8.53. The van der Waals surface area contributed by atoms with Gasteiger partial charge in [0.15, 0.2) is 5.82 Å². The van der Waals surface area contributed by atoms with Crippen LogP contribution in [0.5, 0.6) is 5.75 Å². The van der Waals surface area contributed by atoms with Gasteiger partial charge in [0.05, 0.1) is 16.2 Å². The van der Waals surface area contributed by atoms with Crippen LogP contribution in [0, 0.1) is 5.82 Å². The first-order valence-electron chi connectivity index (χ1n) is 10.2. The van der Waals surface area contributed by atoms with Gasteiger partial charge in [-0.1, -0.05) is 55.2 Å². The smallest absolute Gasteiger partial charge is 0.291 e. The molecular weight excluding hydrogens is 437 g/mol. The summed E-state index contributed by atoms with van der Waals surface area (Å²) in [6.45, 7) is 2.88. The molecule has 0 amide bonds. The van der Waals surface area contributed by atoms with Crippen LogP contribution in [0.4, 0.5) is 4.39 Å². The van der Waals surface area contributed by atoms with E-state index in [1.807, 2.05) is 24.3 Å². The lowest BCUT2D eigenvalue weighted by Crippen LogP contribution is -2.23. The van der Waals surface area contributed by atoms with Crippen molar-refractivity contribution >= 4 is 34.0 Å². The summed E-state index contributed by atoms with van der Waals surface area (Å²) in [7, 11) is 0. The minimum Gasteiger partial charge on any atom is -0.494 e. The van der Waals surface area contributed by atoms with Gasteiger partial charge in [-0.05, 0) is 48.9 Å². The van der Waals surface area contributed by atoms with E-state index >= 15 is 0 Å². The Kier molecular flexibility index (Phi) is 6.63. The SMILES string of the molecule is CCCCCCOc1ccc(-c2nc3s/c(=C\c4c(F)cccc4Cl)c(=O)n3n2)cc1. The predicted octanol–water partition coefficient (Wildman–Crippen LogP) is 5.12. The molecule has 0 unspecified atom stereocenters. The van der Waals surface area contributed by atoms with Gasteiger partial charge in [-0.3, -0.25) is 4.79 Å². The van der Waals surface area contributed by atoms with Gasteiger partial charge in [-0.2, -0.15) is 9.50 Å². The third-order valence-electron chi connectivity index (χ3n) is 4.84. The number of ether oxygens (including phenoxy) is 1. The van der Waals surface area contributed by atoms with Crippen molar-refractivity contribution in [1.29, 1.82) is 0 Å². The number of hydrogen-bond acceptors (Lipinski definition) is 5. The van der Waals surface area contributed by atoms with Crippen LogP contribution in [0.25, 0.3) is 22.4 Å². The Morgan fingerprint density at radius 1 is 1.16 bits per heavy atom. The molecule has 2 heterocycles. The number of fused-ring (bicyclic) bond motifs is 1. The van der Waals surface area contributed by atoms with Crippen LogP contribution in [0.15, 0.2) is 47.3 Å². The molecule has 0 fully saturated rings. The zero-order valence-corrected chi connectivity index (χ0v) is 18.5. The van der Waals surface area contributed by atoms with Crippen LogP contribution in [-0.4, -0.2) is 21.2 Å². The zero-order valence-electron chi connectivity index (χ0n) is 17.0. The molecule has 0 saturated heterocycles. The van der Waals surface area contributed by atoms with E-state index in [1.54, 1.807) is 6.07 Å². The second-order valence-electron chi connectivity index (χ2n) is 7.11. The number of nitrogens with zero attached hydrogens (tertiary/aromatic N) is 3. The number of rotatable bonds is 8. The summed E-state index contributed by atoms with van der Waals surface area (Å²) in [5.41, 5.74) is 0.609. The number of benzene rings is 2. The summed E-state index contributed by atoms with van der Waals surface area (Å²) in [4.78, 5) is 17.6. The standard InChI is InChI=1S/C23H21ClFN3O2S/c1-2-3-4-5-13-30-16-11-9-15(10-12-16)21-26-23-28(27-21)22(29)20(31-23)14-17-18(24)7-6-8-19(17)25/h6-12,14H,2-5,13H2,1H3/b20-14-. The molecule has 0 spiro atoms. The topological polar surface area (TPSA) is 56.5 Å². The largest absolute Gasteiger partial charge is 0.494 e. The molecule has 8 heteroatoms. The average Bonchev–Trinajstić information content (AvgIpc) is 3.30. The van der Waals surface area contributed by atoms with Crippen LogP contribution in [0.1, 0.15) is 38.2 Å². The highest BCUT2D eigenvalue weighted by atomic mass is 35.5. The normalized spacial score (nSPS) is 12.0. The van der Waals surface area contributed by atoms with E-state index in [0.717, 1.165) is 29.1 Å². The maximum absolute atomic E-state index is 14.0. The summed E-state index contributed by atoms with van der Waals surface area (Å²) in [6, 6.07) is 11.9. The number of unbranched alkanes of at least 4 members (excludes halogenated alkanes) is 3. The highest BCUT2D eigenvalue weighted by Gasteiger charge is 2.13. The van der Waals surface area contributed by atoms with Gasteiger partial charge in [0.1, 0.15) is 11.6 Å². The van der Waals surface area contributed by atoms with Crippen molar-refractivity contribution in [3.8, 4) is 17.1 Å². The Labute approximate surface area is 187 Å². The van der Waals surface area contributed by atoms with Gasteiger partial charge >= 0.3 is 0 Å². The summed E-state index contributed by atoms with van der Waals surface area (Å²) in [5.74, 6) is 0.761. The predicted molar refractivity (Wildman–Crippen MR) is 122 cm³/mol. The Bertz CT molecular complexity index is 1280. The van der Waals surface area contributed by atoms with Gasteiger partial charge in [-0.25, -0.2) is 4.39 Å². The Hall–Kier alpha value is -2.77. The highest BCUT2D eigenvalue weighted by Crippen LogP contribution is 2.22. The molecule has 0 aliphatic heterocycles. The molecule has 4 rings (SSSR count). The second kappa shape index (κ2) is 9.58. The Balaban J connectivity index is 1.54. The molecule has 0 N–H and O–H groups in total. The number of halogens is 2. The zero-order chi connectivity index (χ0) is 21.8. The van der Waals surface area contributed by atoms with Gasteiger partial charge in [0.25, 0.3) is 5.56 Å². The van der Waals surface area contributed by atoms with E-state index in [0.29, 0.717) is 21.9 Å². The molecule has 0 saturated carbocycles. The van der Waals surface area contributed by atoms with Gasteiger partial charge in [0, 0.05) is 11.1 Å². The highest BCUT2D eigenvalue weighted by molar-refractivity contribution is 7.15. The summed E-state index contributed by atoms with van der Waals surface area (Å²) >= 11 is 7.20. The Morgan fingerprint density at radius 3 is 2.68 bits per heavy atom.